The maximum atomic E-state index is 6.31. The summed E-state index contributed by atoms with van der Waals surface area (Å²) in [4.78, 5) is 13.2. The monoisotopic (exact) mass is 275 g/mol. The van der Waals surface area contributed by atoms with Gasteiger partial charge in [-0.1, -0.05) is 32.4 Å². The van der Waals surface area contributed by atoms with E-state index in [0.29, 0.717) is 16.9 Å². The van der Waals surface area contributed by atoms with Crippen molar-refractivity contribution in [1.29, 1.82) is 0 Å². The van der Waals surface area contributed by atoms with E-state index in [9.17, 15) is 0 Å². The Kier molecular flexibility index (Phi) is 4.15. The van der Waals surface area contributed by atoms with Gasteiger partial charge in [0.2, 0.25) is 0 Å². The Labute approximate surface area is 119 Å². The number of hydrogen-bond donors (Lipinski definition) is 0. The van der Waals surface area contributed by atoms with Crippen LogP contribution in [-0.4, -0.2) is 15.0 Å². The molecule has 0 atom stereocenters. The summed E-state index contributed by atoms with van der Waals surface area (Å²) >= 11 is 6.31. The molecule has 0 fully saturated rings. The summed E-state index contributed by atoms with van der Waals surface area (Å²) in [6.45, 7) is 8.28. The lowest BCUT2D eigenvalue weighted by atomic mass is 10.0. The molecule has 0 unspecified atom stereocenters. The minimum atomic E-state index is 0.324. The van der Waals surface area contributed by atoms with Crippen molar-refractivity contribution in [3.8, 4) is 11.4 Å². The number of pyridine rings is 1. The molecule has 0 N–H and O–H groups in total. The fraction of sp³-hybridized carbons (Fsp3) is 0.400. The van der Waals surface area contributed by atoms with Gasteiger partial charge in [-0.3, -0.25) is 4.98 Å². The van der Waals surface area contributed by atoms with E-state index < -0.39 is 0 Å². The maximum absolute atomic E-state index is 6.31. The van der Waals surface area contributed by atoms with E-state index in [4.69, 9.17) is 11.6 Å². The van der Waals surface area contributed by atoms with E-state index in [0.717, 1.165) is 28.8 Å². The average molecular weight is 276 g/mol. The Balaban J connectivity index is 2.59. The van der Waals surface area contributed by atoms with Crippen LogP contribution in [0.4, 0.5) is 0 Å². The molecule has 2 heterocycles. The maximum Gasteiger partial charge on any atom is 0.161 e. The van der Waals surface area contributed by atoms with Crippen LogP contribution in [0.1, 0.15) is 43.5 Å². The Morgan fingerprint density at radius 1 is 1.26 bits per heavy atom. The fourth-order valence-electron chi connectivity index (χ4n) is 2.25. The first-order valence-corrected chi connectivity index (χ1v) is 6.89. The lowest BCUT2D eigenvalue weighted by molar-refractivity contribution is 0.830. The summed E-state index contributed by atoms with van der Waals surface area (Å²) in [5, 5.41) is 0.552. The van der Waals surface area contributed by atoms with Gasteiger partial charge < -0.3 is 0 Å². The standard InChI is InChI=1S/C15H18ClN3/c1-5-11-8-17-7-6-12(11)15-18-10(4)13(9(2)3)14(16)19-15/h6-9H,5H2,1-4H3. The van der Waals surface area contributed by atoms with Gasteiger partial charge in [-0.05, 0) is 30.9 Å². The minimum Gasteiger partial charge on any atom is -0.264 e. The molecule has 0 aliphatic rings. The summed E-state index contributed by atoms with van der Waals surface area (Å²) < 4.78 is 0. The molecule has 0 amide bonds. The van der Waals surface area contributed by atoms with Crippen molar-refractivity contribution in [2.24, 2.45) is 0 Å². The molecule has 0 aliphatic carbocycles. The van der Waals surface area contributed by atoms with Crippen LogP contribution >= 0.6 is 11.6 Å². The molecule has 2 aromatic heterocycles. The molecule has 100 valence electrons. The van der Waals surface area contributed by atoms with Crippen LogP contribution in [0, 0.1) is 6.92 Å². The van der Waals surface area contributed by atoms with Crippen LogP contribution in [0.25, 0.3) is 11.4 Å². The zero-order valence-corrected chi connectivity index (χ0v) is 12.5. The van der Waals surface area contributed by atoms with Crippen molar-refractivity contribution in [2.75, 3.05) is 0 Å². The Morgan fingerprint density at radius 2 is 2.00 bits per heavy atom. The molecular weight excluding hydrogens is 258 g/mol. The molecule has 0 saturated carbocycles. The number of hydrogen-bond acceptors (Lipinski definition) is 3. The second-order valence-corrected chi connectivity index (χ2v) is 5.24. The highest BCUT2D eigenvalue weighted by atomic mass is 35.5. The highest BCUT2D eigenvalue weighted by molar-refractivity contribution is 6.30. The summed E-state index contributed by atoms with van der Waals surface area (Å²) in [5.74, 6) is 1.01. The van der Waals surface area contributed by atoms with Crippen LogP contribution in [-0.2, 0) is 6.42 Å². The molecule has 2 rings (SSSR count). The Bertz CT molecular complexity index is 571. The number of aryl methyl sites for hydroxylation is 2. The van der Waals surface area contributed by atoms with E-state index in [-0.39, 0.29) is 0 Å². The normalized spacial score (nSPS) is 11.1. The molecule has 0 aromatic carbocycles. The highest BCUT2D eigenvalue weighted by Crippen LogP contribution is 2.28. The molecular formula is C15H18ClN3. The van der Waals surface area contributed by atoms with Gasteiger partial charge in [0.15, 0.2) is 5.82 Å². The van der Waals surface area contributed by atoms with Crippen molar-refractivity contribution in [3.63, 3.8) is 0 Å². The predicted molar refractivity (Wildman–Crippen MR) is 78.5 cm³/mol. The van der Waals surface area contributed by atoms with Gasteiger partial charge in [-0.15, -0.1) is 0 Å². The molecule has 3 nitrogen and oxygen atoms in total. The predicted octanol–water partition coefficient (Wildman–Crippen LogP) is 4.19. The topological polar surface area (TPSA) is 38.7 Å². The molecule has 0 spiro atoms. The third kappa shape index (κ3) is 2.76. The third-order valence-electron chi connectivity index (χ3n) is 3.19. The molecule has 0 aliphatic heterocycles. The Morgan fingerprint density at radius 3 is 2.58 bits per heavy atom. The van der Waals surface area contributed by atoms with Gasteiger partial charge in [-0.2, -0.15) is 0 Å². The first kappa shape index (κ1) is 13.9. The second-order valence-electron chi connectivity index (χ2n) is 4.88. The lowest BCUT2D eigenvalue weighted by Crippen LogP contribution is -2.03. The van der Waals surface area contributed by atoms with Crippen LogP contribution in [0.5, 0.6) is 0 Å². The lowest BCUT2D eigenvalue weighted by Gasteiger charge is -2.13. The second kappa shape index (κ2) is 5.66. The zero-order valence-electron chi connectivity index (χ0n) is 11.7. The van der Waals surface area contributed by atoms with Crippen molar-refractivity contribution >= 4 is 11.6 Å². The van der Waals surface area contributed by atoms with Gasteiger partial charge in [-0.25, -0.2) is 9.97 Å². The largest absolute Gasteiger partial charge is 0.264 e. The summed E-state index contributed by atoms with van der Waals surface area (Å²) in [5.41, 5.74) is 4.12. The van der Waals surface area contributed by atoms with Crippen molar-refractivity contribution < 1.29 is 0 Å². The van der Waals surface area contributed by atoms with Gasteiger partial charge in [0.25, 0.3) is 0 Å². The number of rotatable bonds is 3. The molecule has 4 heteroatoms. The van der Waals surface area contributed by atoms with Crippen molar-refractivity contribution in [2.45, 2.75) is 40.0 Å². The highest BCUT2D eigenvalue weighted by Gasteiger charge is 2.15. The molecule has 2 aromatic rings. The van der Waals surface area contributed by atoms with E-state index in [1.807, 2.05) is 19.2 Å². The average Bonchev–Trinajstić information content (AvgIpc) is 2.37. The molecule has 0 radical (unpaired) electrons. The summed E-state index contributed by atoms with van der Waals surface area (Å²) in [7, 11) is 0. The van der Waals surface area contributed by atoms with Gasteiger partial charge in [0.05, 0.1) is 0 Å². The van der Waals surface area contributed by atoms with Gasteiger partial charge >= 0.3 is 0 Å². The first-order valence-electron chi connectivity index (χ1n) is 6.51. The SMILES string of the molecule is CCc1cnccc1-c1nc(C)c(C(C)C)c(Cl)n1. The van der Waals surface area contributed by atoms with Crippen LogP contribution < -0.4 is 0 Å². The van der Waals surface area contributed by atoms with E-state index in [2.05, 4.69) is 35.7 Å². The molecule has 0 saturated heterocycles. The fourth-order valence-corrected chi connectivity index (χ4v) is 2.69. The number of aromatic nitrogens is 3. The van der Waals surface area contributed by atoms with E-state index in [1.165, 1.54) is 0 Å². The van der Waals surface area contributed by atoms with Crippen LogP contribution in [0.3, 0.4) is 0 Å². The van der Waals surface area contributed by atoms with Gasteiger partial charge in [0, 0.05) is 29.2 Å². The third-order valence-corrected chi connectivity index (χ3v) is 3.48. The summed E-state index contributed by atoms with van der Waals surface area (Å²) in [6, 6.07) is 1.94. The number of halogens is 1. The van der Waals surface area contributed by atoms with Crippen molar-refractivity contribution in [3.05, 3.63) is 40.4 Å². The zero-order chi connectivity index (χ0) is 14.0. The van der Waals surface area contributed by atoms with E-state index in [1.54, 1.807) is 6.20 Å². The first-order chi connectivity index (χ1) is 9.04. The van der Waals surface area contributed by atoms with Crippen LogP contribution in [0.2, 0.25) is 5.15 Å². The Hall–Kier alpha value is -1.48. The van der Waals surface area contributed by atoms with Gasteiger partial charge in [0.1, 0.15) is 5.15 Å². The van der Waals surface area contributed by atoms with Crippen molar-refractivity contribution in [1.82, 2.24) is 15.0 Å². The minimum absolute atomic E-state index is 0.324. The molecule has 19 heavy (non-hydrogen) atoms. The smallest absolute Gasteiger partial charge is 0.161 e. The number of nitrogens with zero attached hydrogens (tertiary/aromatic N) is 3. The molecule has 0 bridgehead atoms. The summed E-state index contributed by atoms with van der Waals surface area (Å²) in [6.07, 6.45) is 4.52. The van der Waals surface area contributed by atoms with E-state index >= 15 is 0 Å². The van der Waals surface area contributed by atoms with Crippen LogP contribution in [0.15, 0.2) is 18.5 Å². The quantitative estimate of drug-likeness (QED) is 0.789.